The standard InChI is InChI=1S/C20H36O3/c1-13(8-11-21)6-9-18(3)14(2)7-10-19(4)16(18)12-15(22)17-20(19,5)23-17/h13-17,21-22H,6-12H2,1-5H3. The molecular weight excluding hydrogens is 288 g/mol. The smallest absolute Gasteiger partial charge is 0.113 e. The summed E-state index contributed by atoms with van der Waals surface area (Å²) in [5.74, 6) is 1.79. The highest BCUT2D eigenvalue weighted by Gasteiger charge is 2.74. The maximum Gasteiger partial charge on any atom is 0.113 e. The van der Waals surface area contributed by atoms with E-state index in [-0.39, 0.29) is 28.6 Å². The minimum Gasteiger partial charge on any atom is -0.396 e. The van der Waals surface area contributed by atoms with Crippen LogP contribution in [0.2, 0.25) is 0 Å². The van der Waals surface area contributed by atoms with E-state index in [4.69, 9.17) is 4.74 Å². The van der Waals surface area contributed by atoms with Crippen molar-refractivity contribution in [1.82, 2.24) is 0 Å². The Morgan fingerprint density at radius 1 is 1.22 bits per heavy atom. The van der Waals surface area contributed by atoms with Crippen LogP contribution in [-0.2, 0) is 4.74 Å². The second-order valence-corrected chi connectivity index (χ2v) is 9.52. The molecule has 8 unspecified atom stereocenters. The molecule has 3 fully saturated rings. The molecule has 0 amide bonds. The zero-order valence-corrected chi connectivity index (χ0v) is 15.6. The van der Waals surface area contributed by atoms with Gasteiger partial charge in [0.15, 0.2) is 0 Å². The molecule has 1 heterocycles. The Morgan fingerprint density at radius 2 is 1.91 bits per heavy atom. The molecule has 3 nitrogen and oxygen atoms in total. The molecule has 23 heavy (non-hydrogen) atoms. The lowest BCUT2D eigenvalue weighted by Gasteiger charge is -2.59. The van der Waals surface area contributed by atoms with Crippen molar-refractivity contribution in [3.63, 3.8) is 0 Å². The van der Waals surface area contributed by atoms with Gasteiger partial charge in [-0.1, -0.05) is 34.1 Å². The summed E-state index contributed by atoms with van der Waals surface area (Å²) in [7, 11) is 0. The largest absolute Gasteiger partial charge is 0.396 e. The van der Waals surface area contributed by atoms with E-state index in [1.54, 1.807) is 0 Å². The van der Waals surface area contributed by atoms with Gasteiger partial charge in [0.2, 0.25) is 0 Å². The number of aliphatic hydroxyl groups is 2. The van der Waals surface area contributed by atoms with Gasteiger partial charge in [-0.05, 0) is 62.2 Å². The number of ether oxygens (including phenoxy) is 1. The molecular formula is C20H36O3. The van der Waals surface area contributed by atoms with Crippen LogP contribution in [0.15, 0.2) is 0 Å². The summed E-state index contributed by atoms with van der Waals surface area (Å²) in [6.45, 7) is 12.1. The van der Waals surface area contributed by atoms with Gasteiger partial charge >= 0.3 is 0 Å². The van der Waals surface area contributed by atoms with Crippen LogP contribution >= 0.6 is 0 Å². The summed E-state index contributed by atoms with van der Waals surface area (Å²) in [5, 5.41) is 19.7. The highest BCUT2D eigenvalue weighted by molar-refractivity contribution is 5.22. The third-order valence-corrected chi connectivity index (χ3v) is 8.40. The van der Waals surface area contributed by atoms with E-state index in [1.807, 2.05) is 0 Å². The highest BCUT2D eigenvalue weighted by Crippen LogP contribution is 2.70. The van der Waals surface area contributed by atoms with Crippen molar-refractivity contribution in [3.05, 3.63) is 0 Å². The van der Waals surface area contributed by atoms with Gasteiger partial charge in [-0.3, -0.25) is 0 Å². The molecule has 0 spiro atoms. The van der Waals surface area contributed by atoms with Crippen LogP contribution in [-0.4, -0.2) is 34.6 Å². The predicted octanol–water partition coefficient (Wildman–Crippen LogP) is 3.77. The van der Waals surface area contributed by atoms with Crippen LogP contribution in [0.4, 0.5) is 0 Å². The molecule has 0 bridgehead atoms. The van der Waals surface area contributed by atoms with E-state index >= 15 is 0 Å². The van der Waals surface area contributed by atoms with Gasteiger partial charge in [0.05, 0.1) is 6.10 Å². The maximum atomic E-state index is 10.6. The minimum atomic E-state index is -0.294. The summed E-state index contributed by atoms with van der Waals surface area (Å²) in [6, 6.07) is 0. The van der Waals surface area contributed by atoms with Gasteiger partial charge < -0.3 is 14.9 Å². The maximum absolute atomic E-state index is 10.6. The summed E-state index contributed by atoms with van der Waals surface area (Å²) < 4.78 is 6.06. The van der Waals surface area contributed by atoms with E-state index < -0.39 is 0 Å². The first-order chi connectivity index (χ1) is 10.7. The molecule has 1 aliphatic heterocycles. The van der Waals surface area contributed by atoms with Crippen molar-refractivity contribution in [3.8, 4) is 0 Å². The minimum absolute atomic E-state index is 0.0646. The van der Waals surface area contributed by atoms with Crippen LogP contribution in [0.3, 0.4) is 0 Å². The summed E-state index contributed by atoms with van der Waals surface area (Å²) in [5.41, 5.74) is 0.337. The van der Waals surface area contributed by atoms with Crippen molar-refractivity contribution in [2.24, 2.45) is 28.6 Å². The fraction of sp³-hybridized carbons (Fsp3) is 1.00. The second-order valence-electron chi connectivity index (χ2n) is 9.52. The Kier molecular flexibility index (Phi) is 4.39. The SMILES string of the molecule is CC(CCO)CCC1(C)C(C)CCC2(C)C1CC(O)C1OC12C. The Bertz CT molecular complexity index is 452. The van der Waals surface area contributed by atoms with Crippen molar-refractivity contribution < 1.29 is 14.9 Å². The summed E-state index contributed by atoms with van der Waals surface area (Å²) in [6.07, 6.45) is 6.42. The molecule has 3 aliphatic rings. The molecule has 8 atom stereocenters. The number of epoxide rings is 1. The van der Waals surface area contributed by atoms with E-state index in [0.717, 1.165) is 12.8 Å². The van der Waals surface area contributed by atoms with Crippen molar-refractivity contribution in [1.29, 1.82) is 0 Å². The Labute approximate surface area is 141 Å². The zero-order chi connectivity index (χ0) is 17.0. The van der Waals surface area contributed by atoms with E-state index in [2.05, 4.69) is 34.6 Å². The molecule has 0 aromatic heterocycles. The third kappa shape index (κ3) is 2.49. The van der Waals surface area contributed by atoms with Gasteiger partial charge in [-0.25, -0.2) is 0 Å². The lowest BCUT2D eigenvalue weighted by molar-refractivity contribution is -0.121. The second kappa shape index (κ2) is 5.71. The molecule has 1 saturated heterocycles. The molecule has 2 saturated carbocycles. The van der Waals surface area contributed by atoms with Crippen molar-refractivity contribution >= 4 is 0 Å². The Balaban J connectivity index is 1.83. The van der Waals surface area contributed by atoms with Gasteiger partial charge in [0.25, 0.3) is 0 Å². The first-order valence-corrected chi connectivity index (χ1v) is 9.66. The summed E-state index contributed by atoms with van der Waals surface area (Å²) >= 11 is 0. The van der Waals surface area contributed by atoms with E-state index in [1.165, 1.54) is 25.7 Å². The predicted molar refractivity (Wildman–Crippen MR) is 92.1 cm³/mol. The van der Waals surface area contributed by atoms with Crippen molar-refractivity contribution in [2.45, 2.75) is 91.0 Å². The average Bonchev–Trinajstić information content (AvgIpc) is 3.20. The molecule has 0 aromatic rings. The van der Waals surface area contributed by atoms with Gasteiger partial charge in [-0.15, -0.1) is 0 Å². The molecule has 3 heteroatoms. The van der Waals surface area contributed by atoms with Crippen LogP contribution in [0.5, 0.6) is 0 Å². The van der Waals surface area contributed by atoms with Gasteiger partial charge in [-0.2, -0.15) is 0 Å². The fourth-order valence-electron chi connectivity index (χ4n) is 6.06. The van der Waals surface area contributed by atoms with Crippen LogP contribution < -0.4 is 0 Å². The first kappa shape index (κ1) is 17.7. The first-order valence-electron chi connectivity index (χ1n) is 9.66. The lowest BCUT2D eigenvalue weighted by atomic mass is 9.44. The van der Waals surface area contributed by atoms with Gasteiger partial charge in [0.1, 0.15) is 11.7 Å². The highest BCUT2D eigenvalue weighted by atomic mass is 16.6. The monoisotopic (exact) mass is 324 g/mol. The number of aliphatic hydroxyl groups excluding tert-OH is 2. The topological polar surface area (TPSA) is 53.0 Å². The molecule has 2 aliphatic carbocycles. The molecule has 0 aromatic carbocycles. The van der Waals surface area contributed by atoms with E-state index in [0.29, 0.717) is 24.4 Å². The van der Waals surface area contributed by atoms with Crippen LogP contribution in [0.25, 0.3) is 0 Å². The zero-order valence-electron chi connectivity index (χ0n) is 15.6. The molecule has 134 valence electrons. The number of rotatable bonds is 5. The van der Waals surface area contributed by atoms with E-state index in [9.17, 15) is 10.2 Å². The number of fused-ring (bicyclic) bond motifs is 3. The summed E-state index contributed by atoms with van der Waals surface area (Å²) in [4.78, 5) is 0. The normalized spacial score (nSPS) is 53.3. The van der Waals surface area contributed by atoms with Crippen molar-refractivity contribution in [2.75, 3.05) is 6.61 Å². The van der Waals surface area contributed by atoms with Gasteiger partial charge in [0, 0.05) is 12.0 Å². The molecule has 3 rings (SSSR count). The number of hydrogen-bond donors (Lipinski definition) is 2. The Morgan fingerprint density at radius 3 is 2.57 bits per heavy atom. The fourth-order valence-corrected chi connectivity index (χ4v) is 6.06. The quantitative estimate of drug-likeness (QED) is 0.757. The molecule has 2 N–H and O–H groups in total. The lowest BCUT2D eigenvalue weighted by Crippen LogP contribution is -2.58. The van der Waals surface area contributed by atoms with Crippen LogP contribution in [0.1, 0.15) is 73.1 Å². The Hall–Kier alpha value is -0.120. The van der Waals surface area contributed by atoms with Crippen LogP contribution in [0, 0.1) is 28.6 Å². The molecule has 0 radical (unpaired) electrons. The third-order valence-electron chi connectivity index (χ3n) is 8.40. The number of hydrogen-bond acceptors (Lipinski definition) is 3. The average molecular weight is 325 g/mol.